The van der Waals surface area contributed by atoms with Gasteiger partial charge in [-0.3, -0.25) is 19.2 Å². The standard InChI is InChI=1S/C24H28N8O6S/c1-29(2)39(35,36)32-12-10-31(11-13-32)14-15-37-17-6-4-16(5-7-17)18-8-9-19(38-18)21-25-20-22(28-27-21)26-24(34)30(3)23(20)33/h4-9H,10-15H2,1-3H3,(H,26,28,34)/p+1. The van der Waals surface area contributed by atoms with E-state index >= 15 is 0 Å². The molecular formula is C24H29N8O6S+. The predicted molar refractivity (Wildman–Crippen MR) is 141 cm³/mol. The van der Waals surface area contributed by atoms with E-state index in [1.165, 1.54) is 15.7 Å². The molecule has 0 aliphatic carbocycles. The molecule has 0 unspecified atom stereocenters. The molecule has 5 rings (SSSR count). The summed E-state index contributed by atoms with van der Waals surface area (Å²) in [6, 6.07) is 10.9. The van der Waals surface area contributed by atoms with Crippen molar-refractivity contribution in [1.29, 1.82) is 0 Å². The zero-order valence-corrected chi connectivity index (χ0v) is 22.6. The lowest BCUT2D eigenvalue weighted by molar-refractivity contribution is -0.338. The first-order valence-corrected chi connectivity index (χ1v) is 13.7. The first-order chi connectivity index (χ1) is 18.6. The molecule has 0 amide bonds. The lowest BCUT2D eigenvalue weighted by atomic mass is 10.2. The van der Waals surface area contributed by atoms with Crippen LogP contribution in [-0.4, -0.2) is 95.1 Å². The van der Waals surface area contributed by atoms with Gasteiger partial charge < -0.3 is 9.15 Å². The number of H-pyrrole nitrogens is 2. The normalized spacial score (nSPS) is 15.3. The molecular weight excluding hydrogens is 528 g/mol. The number of benzene rings is 1. The molecule has 206 valence electrons. The fourth-order valence-electron chi connectivity index (χ4n) is 4.19. The van der Waals surface area contributed by atoms with E-state index < -0.39 is 21.5 Å². The molecule has 1 aliphatic heterocycles. The van der Waals surface area contributed by atoms with Gasteiger partial charge in [0.2, 0.25) is 16.9 Å². The van der Waals surface area contributed by atoms with E-state index in [0.717, 1.165) is 10.1 Å². The highest BCUT2D eigenvalue weighted by Crippen LogP contribution is 2.27. The van der Waals surface area contributed by atoms with Gasteiger partial charge in [-0.1, -0.05) is 0 Å². The van der Waals surface area contributed by atoms with Crippen molar-refractivity contribution in [2.75, 3.05) is 53.4 Å². The van der Waals surface area contributed by atoms with Gasteiger partial charge in [0.1, 0.15) is 18.1 Å². The molecule has 0 saturated carbocycles. The number of furan rings is 1. The molecule has 0 atom stereocenters. The van der Waals surface area contributed by atoms with Crippen molar-refractivity contribution in [2.24, 2.45) is 7.05 Å². The van der Waals surface area contributed by atoms with Crippen LogP contribution in [0.1, 0.15) is 0 Å². The van der Waals surface area contributed by atoms with Crippen molar-refractivity contribution in [2.45, 2.75) is 0 Å². The summed E-state index contributed by atoms with van der Waals surface area (Å²) in [5, 5.41) is 7.97. The molecule has 0 bridgehead atoms. The number of hydrogen-bond donors (Lipinski definition) is 1. The van der Waals surface area contributed by atoms with Crippen molar-refractivity contribution in [3.8, 4) is 28.7 Å². The van der Waals surface area contributed by atoms with Crippen LogP contribution in [0.4, 0.5) is 0 Å². The average Bonchev–Trinajstić information content (AvgIpc) is 3.43. The number of fused-ring (bicyclic) bond motifs is 1. The molecule has 1 saturated heterocycles. The van der Waals surface area contributed by atoms with Gasteiger partial charge in [-0.05, 0) is 41.5 Å². The topological polar surface area (TPSA) is 161 Å². The Labute approximate surface area is 223 Å². The van der Waals surface area contributed by atoms with Crippen molar-refractivity contribution < 1.29 is 22.6 Å². The summed E-state index contributed by atoms with van der Waals surface area (Å²) < 4.78 is 40.0. The Morgan fingerprint density at radius 1 is 1.03 bits per heavy atom. The Morgan fingerprint density at radius 2 is 1.72 bits per heavy atom. The first-order valence-electron chi connectivity index (χ1n) is 12.3. The maximum Gasteiger partial charge on any atom is 0.392 e. The van der Waals surface area contributed by atoms with Gasteiger partial charge in [0.15, 0.2) is 0 Å². The van der Waals surface area contributed by atoms with Crippen LogP contribution in [0.2, 0.25) is 0 Å². The monoisotopic (exact) mass is 557 g/mol. The van der Waals surface area contributed by atoms with Crippen LogP contribution >= 0.6 is 0 Å². The number of aromatic nitrogens is 5. The molecule has 1 fully saturated rings. The SMILES string of the molecule is CN(C)S(=O)(=O)N1CCN(CCOc2ccc(-c3ccc(-c4nnc5[nH]c(=O)n(C)c(=O)c5[nH+]4)o3)cc2)CC1. The molecule has 1 aliphatic rings. The van der Waals surface area contributed by atoms with Crippen LogP contribution in [0.3, 0.4) is 0 Å². The molecule has 2 N–H and O–H groups in total. The highest BCUT2D eigenvalue weighted by Gasteiger charge is 2.28. The predicted octanol–water partition coefficient (Wildman–Crippen LogP) is -0.439. The van der Waals surface area contributed by atoms with Crippen molar-refractivity contribution in [3.63, 3.8) is 0 Å². The summed E-state index contributed by atoms with van der Waals surface area (Å²) in [4.78, 5) is 31.7. The smallest absolute Gasteiger partial charge is 0.392 e. The Hall–Kier alpha value is -3.92. The van der Waals surface area contributed by atoms with Gasteiger partial charge in [0, 0.05) is 59.4 Å². The van der Waals surface area contributed by atoms with Crippen LogP contribution in [0.15, 0.2) is 50.4 Å². The van der Waals surface area contributed by atoms with Crippen LogP contribution in [0.25, 0.3) is 34.1 Å². The average molecular weight is 558 g/mol. The van der Waals surface area contributed by atoms with Crippen LogP contribution < -0.4 is 21.0 Å². The van der Waals surface area contributed by atoms with E-state index in [2.05, 4.69) is 25.1 Å². The number of ether oxygens (including phenoxy) is 1. The Kier molecular flexibility index (Phi) is 7.31. The Balaban J connectivity index is 1.18. The molecule has 4 heterocycles. The summed E-state index contributed by atoms with van der Waals surface area (Å²) in [5.41, 5.74) is -0.102. The molecule has 15 heteroatoms. The fourth-order valence-corrected chi connectivity index (χ4v) is 5.28. The third-order valence-corrected chi connectivity index (χ3v) is 8.49. The van der Waals surface area contributed by atoms with Crippen molar-refractivity contribution in [3.05, 3.63) is 57.2 Å². The van der Waals surface area contributed by atoms with Gasteiger partial charge in [-0.2, -0.15) is 17.0 Å². The minimum atomic E-state index is -3.37. The minimum absolute atomic E-state index is 0.0637. The molecule has 14 nitrogen and oxygen atoms in total. The second kappa shape index (κ2) is 10.7. The van der Waals surface area contributed by atoms with Crippen molar-refractivity contribution in [1.82, 2.24) is 33.3 Å². The zero-order valence-electron chi connectivity index (χ0n) is 21.7. The van der Waals surface area contributed by atoms with Gasteiger partial charge in [0.05, 0.1) is 5.10 Å². The second-order valence-electron chi connectivity index (χ2n) is 9.26. The molecule has 0 radical (unpaired) electrons. The fraction of sp³-hybridized carbons (Fsp3) is 0.375. The summed E-state index contributed by atoms with van der Waals surface area (Å²) in [5.74, 6) is 1.93. The van der Waals surface area contributed by atoms with Crippen LogP contribution in [0, 0.1) is 0 Å². The van der Waals surface area contributed by atoms with E-state index in [9.17, 15) is 18.0 Å². The maximum atomic E-state index is 12.4. The van der Waals surface area contributed by atoms with E-state index in [1.54, 1.807) is 26.2 Å². The number of hydrogen-bond acceptors (Lipinski definition) is 9. The molecule has 0 spiro atoms. The van der Waals surface area contributed by atoms with Gasteiger partial charge >= 0.3 is 17.1 Å². The molecule has 1 aromatic carbocycles. The van der Waals surface area contributed by atoms with Gasteiger partial charge in [-0.25, -0.2) is 9.78 Å². The highest BCUT2D eigenvalue weighted by molar-refractivity contribution is 7.86. The first kappa shape index (κ1) is 26.7. The largest absolute Gasteiger partial charge is 0.492 e. The number of nitrogens with zero attached hydrogens (tertiary/aromatic N) is 6. The second-order valence-corrected chi connectivity index (χ2v) is 11.4. The molecule has 4 aromatic rings. The van der Waals surface area contributed by atoms with E-state index in [4.69, 9.17) is 9.15 Å². The van der Waals surface area contributed by atoms with E-state index in [-0.39, 0.29) is 17.0 Å². The highest BCUT2D eigenvalue weighted by atomic mass is 32.2. The van der Waals surface area contributed by atoms with E-state index in [1.807, 2.05) is 24.3 Å². The van der Waals surface area contributed by atoms with E-state index in [0.29, 0.717) is 56.6 Å². The lowest BCUT2D eigenvalue weighted by Gasteiger charge is -2.34. The van der Waals surface area contributed by atoms with Crippen LogP contribution in [0.5, 0.6) is 5.75 Å². The summed E-state index contributed by atoms with van der Waals surface area (Å²) in [7, 11) is 1.08. The van der Waals surface area contributed by atoms with Crippen LogP contribution in [-0.2, 0) is 17.3 Å². The summed E-state index contributed by atoms with van der Waals surface area (Å²) >= 11 is 0. The molecule has 3 aromatic heterocycles. The number of nitrogens with one attached hydrogen (secondary N) is 2. The zero-order chi connectivity index (χ0) is 27.7. The third-order valence-electron chi connectivity index (χ3n) is 6.55. The Bertz CT molecular complexity index is 1700. The number of aromatic amines is 2. The number of rotatable bonds is 8. The summed E-state index contributed by atoms with van der Waals surface area (Å²) in [6.07, 6.45) is 0. The quantitative estimate of drug-likeness (QED) is 0.303. The van der Waals surface area contributed by atoms with Gasteiger partial charge in [-0.15, -0.1) is 0 Å². The minimum Gasteiger partial charge on any atom is -0.492 e. The lowest BCUT2D eigenvalue weighted by Crippen LogP contribution is -2.52. The maximum absolute atomic E-state index is 12.4. The van der Waals surface area contributed by atoms with Crippen molar-refractivity contribution >= 4 is 21.4 Å². The Morgan fingerprint density at radius 3 is 2.41 bits per heavy atom. The summed E-state index contributed by atoms with van der Waals surface area (Å²) in [6.45, 7) is 3.40. The third kappa shape index (κ3) is 5.47. The molecule has 39 heavy (non-hydrogen) atoms. The number of piperazine rings is 1. The van der Waals surface area contributed by atoms with Gasteiger partial charge in [0.25, 0.3) is 10.2 Å².